The summed E-state index contributed by atoms with van der Waals surface area (Å²) in [5.74, 6) is 1.26. The lowest BCUT2D eigenvalue weighted by Crippen LogP contribution is -2.22. The van der Waals surface area contributed by atoms with Gasteiger partial charge in [-0.15, -0.1) is 0 Å². The van der Waals surface area contributed by atoms with Gasteiger partial charge in [-0.2, -0.15) is 4.98 Å². The van der Waals surface area contributed by atoms with Gasteiger partial charge in [-0.3, -0.25) is 9.69 Å². The summed E-state index contributed by atoms with van der Waals surface area (Å²) in [6.07, 6.45) is 0.651. The van der Waals surface area contributed by atoms with Gasteiger partial charge in [-0.1, -0.05) is 5.16 Å². The fourth-order valence-electron chi connectivity index (χ4n) is 2.84. The minimum absolute atomic E-state index is 0.218. The standard InChI is InChI=1S/C15H15N3O5/c19-15(20)10-3-4-18(6-10)7-13-16-14(17-23-13)9-1-2-11-12(5-9)22-8-21-11/h1-2,5,10H,3-4,6-8H2,(H,19,20). The van der Waals surface area contributed by atoms with E-state index in [0.29, 0.717) is 42.7 Å². The normalized spacial score (nSPS) is 20.1. The molecule has 2 aromatic rings. The summed E-state index contributed by atoms with van der Waals surface area (Å²) in [6.45, 7) is 1.91. The molecule has 1 atom stereocenters. The maximum atomic E-state index is 11.0. The molecule has 1 saturated heterocycles. The molecular weight excluding hydrogens is 302 g/mol. The fraction of sp³-hybridized carbons (Fsp3) is 0.400. The molecule has 0 radical (unpaired) electrons. The first-order valence-electron chi connectivity index (χ1n) is 7.37. The van der Waals surface area contributed by atoms with Crippen LogP contribution in [0, 0.1) is 5.92 Å². The number of carbonyl (C=O) groups is 1. The highest BCUT2D eigenvalue weighted by Crippen LogP contribution is 2.35. The Morgan fingerprint density at radius 2 is 2.22 bits per heavy atom. The van der Waals surface area contributed by atoms with Gasteiger partial charge in [0.2, 0.25) is 18.5 Å². The second kappa shape index (κ2) is 5.54. The molecule has 8 nitrogen and oxygen atoms in total. The highest BCUT2D eigenvalue weighted by Gasteiger charge is 2.29. The summed E-state index contributed by atoms with van der Waals surface area (Å²) in [4.78, 5) is 17.4. The van der Waals surface area contributed by atoms with E-state index in [0.717, 1.165) is 12.1 Å². The van der Waals surface area contributed by atoms with Crippen LogP contribution in [0.25, 0.3) is 11.4 Å². The summed E-state index contributed by atoms with van der Waals surface area (Å²) >= 11 is 0. The van der Waals surface area contributed by atoms with Crippen LogP contribution in [-0.4, -0.2) is 46.0 Å². The Bertz CT molecular complexity index is 744. The van der Waals surface area contributed by atoms with Crippen LogP contribution in [0.3, 0.4) is 0 Å². The molecule has 0 bridgehead atoms. The monoisotopic (exact) mass is 317 g/mol. The molecule has 120 valence electrons. The van der Waals surface area contributed by atoms with Gasteiger partial charge in [0.25, 0.3) is 0 Å². The number of ether oxygens (including phenoxy) is 2. The van der Waals surface area contributed by atoms with Crippen LogP contribution in [0.4, 0.5) is 0 Å². The Balaban J connectivity index is 1.46. The van der Waals surface area contributed by atoms with Gasteiger partial charge < -0.3 is 19.1 Å². The van der Waals surface area contributed by atoms with Crippen molar-refractivity contribution in [2.75, 3.05) is 19.9 Å². The number of aromatic nitrogens is 2. The molecule has 8 heteroatoms. The van der Waals surface area contributed by atoms with Crippen molar-refractivity contribution in [3.05, 3.63) is 24.1 Å². The Kier molecular flexibility index (Phi) is 3.38. The molecule has 4 rings (SSSR count). The van der Waals surface area contributed by atoms with Crippen molar-refractivity contribution >= 4 is 5.97 Å². The van der Waals surface area contributed by atoms with E-state index >= 15 is 0 Å². The maximum Gasteiger partial charge on any atom is 0.307 e. The van der Waals surface area contributed by atoms with E-state index in [1.54, 1.807) is 0 Å². The van der Waals surface area contributed by atoms with Gasteiger partial charge in [0, 0.05) is 12.1 Å². The lowest BCUT2D eigenvalue weighted by Gasteiger charge is -2.11. The highest BCUT2D eigenvalue weighted by atomic mass is 16.7. The topological polar surface area (TPSA) is 97.9 Å². The summed E-state index contributed by atoms with van der Waals surface area (Å²) in [6, 6.07) is 5.47. The van der Waals surface area contributed by atoms with Crippen molar-refractivity contribution in [3.63, 3.8) is 0 Å². The maximum absolute atomic E-state index is 11.0. The molecule has 23 heavy (non-hydrogen) atoms. The second-order valence-corrected chi connectivity index (χ2v) is 5.64. The van der Waals surface area contributed by atoms with Gasteiger partial charge in [-0.05, 0) is 31.2 Å². The molecule has 1 aromatic heterocycles. The smallest absolute Gasteiger partial charge is 0.307 e. The molecule has 2 aliphatic heterocycles. The van der Waals surface area contributed by atoms with Gasteiger partial charge in [0.1, 0.15) is 0 Å². The number of nitrogens with zero attached hydrogens (tertiary/aromatic N) is 3. The Morgan fingerprint density at radius 3 is 3.04 bits per heavy atom. The van der Waals surface area contributed by atoms with Gasteiger partial charge >= 0.3 is 5.97 Å². The molecule has 0 saturated carbocycles. The first-order chi connectivity index (χ1) is 11.2. The third-order valence-corrected chi connectivity index (χ3v) is 4.08. The molecule has 0 aliphatic carbocycles. The van der Waals surface area contributed by atoms with Gasteiger partial charge in [-0.25, -0.2) is 0 Å². The third-order valence-electron chi connectivity index (χ3n) is 4.08. The van der Waals surface area contributed by atoms with E-state index in [-0.39, 0.29) is 12.7 Å². The first kappa shape index (κ1) is 14.0. The fourth-order valence-corrected chi connectivity index (χ4v) is 2.84. The van der Waals surface area contributed by atoms with E-state index in [4.69, 9.17) is 19.1 Å². The SMILES string of the molecule is O=C(O)C1CCN(Cc2nc(-c3ccc4c(c3)OCO4)no2)C1. The van der Waals surface area contributed by atoms with Gasteiger partial charge in [0.15, 0.2) is 11.5 Å². The van der Waals surface area contributed by atoms with Crippen molar-refractivity contribution in [2.24, 2.45) is 5.92 Å². The quantitative estimate of drug-likeness (QED) is 0.903. The predicted molar refractivity (Wildman–Crippen MR) is 76.9 cm³/mol. The van der Waals surface area contributed by atoms with Crippen LogP contribution in [0.2, 0.25) is 0 Å². The number of hydrogen-bond acceptors (Lipinski definition) is 7. The Hall–Kier alpha value is -2.61. The molecular formula is C15H15N3O5. The van der Waals surface area contributed by atoms with Crippen LogP contribution in [0.5, 0.6) is 11.5 Å². The molecule has 0 amide bonds. The zero-order valence-corrected chi connectivity index (χ0v) is 12.3. The third kappa shape index (κ3) is 2.72. The van der Waals surface area contributed by atoms with E-state index in [1.807, 2.05) is 23.1 Å². The van der Waals surface area contributed by atoms with E-state index in [9.17, 15) is 4.79 Å². The molecule has 1 aromatic carbocycles. The Morgan fingerprint density at radius 1 is 1.35 bits per heavy atom. The van der Waals surface area contributed by atoms with Crippen molar-refractivity contribution in [1.82, 2.24) is 15.0 Å². The lowest BCUT2D eigenvalue weighted by molar-refractivity contribution is -0.141. The number of hydrogen-bond donors (Lipinski definition) is 1. The average Bonchev–Trinajstić information content (AvgIpc) is 3.27. The number of likely N-dealkylation sites (tertiary alicyclic amines) is 1. The first-order valence-corrected chi connectivity index (χ1v) is 7.37. The number of aliphatic carboxylic acids is 1. The number of carboxylic acids is 1. The largest absolute Gasteiger partial charge is 0.481 e. The van der Waals surface area contributed by atoms with Crippen LogP contribution >= 0.6 is 0 Å². The number of benzene rings is 1. The summed E-state index contributed by atoms with van der Waals surface area (Å²) in [5.41, 5.74) is 0.786. The summed E-state index contributed by atoms with van der Waals surface area (Å²) in [5, 5.41) is 13.0. The van der Waals surface area contributed by atoms with Crippen molar-refractivity contribution in [1.29, 1.82) is 0 Å². The second-order valence-electron chi connectivity index (χ2n) is 5.64. The predicted octanol–water partition coefficient (Wildman–Crippen LogP) is 1.37. The number of rotatable bonds is 4. The minimum atomic E-state index is -0.751. The van der Waals surface area contributed by atoms with Crippen LogP contribution < -0.4 is 9.47 Å². The number of fused-ring (bicyclic) bond motifs is 1. The zero-order valence-electron chi connectivity index (χ0n) is 12.3. The van der Waals surface area contributed by atoms with E-state index in [2.05, 4.69) is 10.1 Å². The Labute approximate surface area is 131 Å². The summed E-state index contributed by atoms with van der Waals surface area (Å²) < 4.78 is 15.9. The van der Waals surface area contributed by atoms with E-state index in [1.165, 1.54) is 0 Å². The number of carboxylic acid groups (broad SMARTS) is 1. The van der Waals surface area contributed by atoms with Crippen molar-refractivity contribution in [2.45, 2.75) is 13.0 Å². The molecule has 1 unspecified atom stereocenters. The van der Waals surface area contributed by atoms with Crippen LogP contribution in [0.1, 0.15) is 12.3 Å². The highest BCUT2D eigenvalue weighted by molar-refractivity contribution is 5.70. The molecule has 2 aliphatic rings. The minimum Gasteiger partial charge on any atom is -0.481 e. The molecule has 3 heterocycles. The molecule has 1 fully saturated rings. The van der Waals surface area contributed by atoms with Gasteiger partial charge in [0.05, 0.1) is 12.5 Å². The van der Waals surface area contributed by atoms with Crippen LogP contribution in [-0.2, 0) is 11.3 Å². The lowest BCUT2D eigenvalue weighted by atomic mass is 10.1. The average molecular weight is 317 g/mol. The molecule has 1 N–H and O–H groups in total. The summed E-state index contributed by atoms with van der Waals surface area (Å²) in [7, 11) is 0. The zero-order chi connectivity index (χ0) is 15.8. The van der Waals surface area contributed by atoms with Crippen molar-refractivity contribution in [3.8, 4) is 22.9 Å². The van der Waals surface area contributed by atoms with E-state index < -0.39 is 5.97 Å². The van der Waals surface area contributed by atoms with Crippen molar-refractivity contribution < 1.29 is 23.9 Å². The van der Waals surface area contributed by atoms with Crippen LogP contribution in [0.15, 0.2) is 22.7 Å². The molecule has 0 spiro atoms.